The van der Waals surface area contributed by atoms with Gasteiger partial charge in [0.1, 0.15) is 12.4 Å². The van der Waals surface area contributed by atoms with Gasteiger partial charge in [-0.15, -0.1) is 0 Å². The SMILES string of the molecule is CCN1C2=Cc3n(c4ccccc4[n+]3CC)CCN2c2ccccc21. The maximum Gasteiger partial charge on any atom is 0.286 e. The molecule has 0 saturated carbocycles. The van der Waals surface area contributed by atoms with E-state index in [-0.39, 0.29) is 0 Å². The number of anilines is 2. The van der Waals surface area contributed by atoms with Gasteiger partial charge in [-0.1, -0.05) is 24.3 Å². The number of benzene rings is 2. The summed E-state index contributed by atoms with van der Waals surface area (Å²) in [5, 5.41) is 0. The van der Waals surface area contributed by atoms with Crippen molar-refractivity contribution in [2.45, 2.75) is 26.9 Å². The zero-order chi connectivity index (χ0) is 17.0. The molecule has 126 valence electrons. The van der Waals surface area contributed by atoms with Gasteiger partial charge in [0, 0.05) is 6.54 Å². The summed E-state index contributed by atoms with van der Waals surface area (Å²) < 4.78 is 4.91. The zero-order valence-electron chi connectivity index (χ0n) is 14.8. The van der Waals surface area contributed by atoms with Crippen molar-refractivity contribution in [1.82, 2.24) is 4.57 Å². The molecular weight excluding hydrogens is 308 g/mol. The maximum atomic E-state index is 2.47. The molecule has 4 heteroatoms. The van der Waals surface area contributed by atoms with Crippen LogP contribution in [0.1, 0.15) is 19.7 Å². The lowest BCUT2D eigenvalue weighted by molar-refractivity contribution is -0.670. The lowest BCUT2D eigenvalue weighted by Gasteiger charge is -2.22. The van der Waals surface area contributed by atoms with E-state index in [4.69, 9.17) is 0 Å². The molecule has 2 aromatic carbocycles. The Bertz CT molecular complexity index is 998. The van der Waals surface area contributed by atoms with E-state index < -0.39 is 0 Å². The van der Waals surface area contributed by atoms with Crippen molar-refractivity contribution >= 4 is 28.5 Å². The quantitative estimate of drug-likeness (QED) is 0.667. The van der Waals surface area contributed by atoms with Gasteiger partial charge in [0.05, 0.1) is 30.5 Å². The fourth-order valence-corrected chi connectivity index (χ4v) is 4.39. The summed E-state index contributed by atoms with van der Waals surface area (Å²) in [5.74, 6) is 2.60. The highest BCUT2D eigenvalue weighted by Crippen LogP contribution is 2.42. The molecule has 2 aliphatic rings. The minimum absolute atomic E-state index is 0.978. The second-order valence-corrected chi connectivity index (χ2v) is 6.63. The van der Waals surface area contributed by atoms with Crippen LogP contribution in [0.25, 0.3) is 17.1 Å². The van der Waals surface area contributed by atoms with Gasteiger partial charge < -0.3 is 9.80 Å². The van der Waals surface area contributed by atoms with Crippen LogP contribution >= 0.6 is 0 Å². The van der Waals surface area contributed by atoms with Crippen LogP contribution in [-0.4, -0.2) is 17.7 Å². The van der Waals surface area contributed by atoms with Crippen molar-refractivity contribution in [3.8, 4) is 0 Å². The van der Waals surface area contributed by atoms with Crippen LogP contribution in [0.2, 0.25) is 0 Å². The van der Waals surface area contributed by atoms with Crippen LogP contribution in [0.15, 0.2) is 54.4 Å². The van der Waals surface area contributed by atoms with E-state index in [9.17, 15) is 0 Å². The summed E-state index contributed by atoms with van der Waals surface area (Å²) in [6, 6.07) is 17.5. The van der Waals surface area contributed by atoms with Crippen LogP contribution in [0.5, 0.6) is 0 Å². The van der Waals surface area contributed by atoms with Gasteiger partial charge >= 0.3 is 0 Å². The predicted molar refractivity (Wildman–Crippen MR) is 103 cm³/mol. The van der Waals surface area contributed by atoms with Crippen LogP contribution in [-0.2, 0) is 13.1 Å². The van der Waals surface area contributed by atoms with E-state index in [1.165, 1.54) is 34.1 Å². The standard InChI is InChI=1S/C21H23N4/c1-3-22-16-9-5-7-11-18(16)24-13-14-25-19-12-8-6-10-17(19)23(4-2)21(25)15-20(22)24/h5-12,15H,3-4,13-14H2,1-2H3/q+1. The van der Waals surface area contributed by atoms with Crippen LogP contribution in [0, 0.1) is 0 Å². The van der Waals surface area contributed by atoms with Gasteiger partial charge in [0.2, 0.25) is 0 Å². The molecule has 4 nitrogen and oxygen atoms in total. The molecule has 0 spiro atoms. The molecular formula is C21H23N4+. The minimum Gasteiger partial charge on any atom is -0.326 e. The van der Waals surface area contributed by atoms with Crippen molar-refractivity contribution in [3.05, 3.63) is 60.2 Å². The molecule has 0 bridgehead atoms. The van der Waals surface area contributed by atoms with E-state index in [1.54, 1.807) is 0 Å². The van der Waals surface area contributed by atoms with E-state index in [2.05, 4.69) is 87.4 Å². The number of para-hydroxylation sites is 4. The van der Waals surface area contributed by atoms with Crippen molar-refractivity contribution in [2.75, 3.05) is 22.9 Å². The summed E-state index contributed by atoms with van der Waals surface area (Å²) in [7, 11) is 0. The largest absolute Gasteiger partial charge is 0.326 e. The highest BCUT2D eigenvalue weighted by molar-refractivity contribution is 5.86. The third-order valence-corrected chi connectivity index (χ3v) is 5.47. The molecule has 1 aromatic heterocycles. The molecule has 5 rings (SSSR count). The maximum absolute atomic E-state index is 2.47. The first-order chi connectivity index (χ1) is 12.3. The second-order valence-electron chi connectivity index (χ2n) is 6.63. The lowest BCUT2D eigenvalue weighted by Crippen LogP contribution is -2.35. The molecule has 0 atom stereocenters. The first kappa shape index (κ1) is 14.6. The molecule has 0 unspecified atom stereocenters. The highest BCUT2D eigenvalue weighted by atomic mass is 15.4. The van der Waals surface area contributed by atoms with Gasteiger partial charge in [-0.25, -0.2) is 9.13 Å². The molecule has 0 radical (unpaired) electrons. The normalized spacial score (nSPS) is 15.7. The number of aryl methyl sites for hydroxylation is 1. The molecule has 0 amide bonds. The van der Waals surface area contributed by atoms with Crippen molar-refractivity contribution in [1.29, 1.82) is 0 Å². The number of rotatable bonds is 2. The fourth-order valence-electron chi connectivity index (χ4n) is 4.39. The van der Waals surface area contributed by atoms with Gasteiger partial charge in [0.15, 0.2) is 11.0 Å². The summed E-state index contributed by atoms with van der Waals surface area (Å²) in [5.41, 5.74) is 5.30. The molecule has 2 aliphatic heterocycles. The van der Waals surface area contributed by atoms with Gasteiger partial charge in [-0.3, -0.25) is 0 Å². The first-order valence-electron chi connectivity index (χ1n) is 9.20. The van der Waals surface area contributed by atoms with E-state index >= 15 is 0 Å². The Labute approximate surface area is 148 Å². The Balaban J connectivity index is 1.77. The molecule has 0 saturated heterocycles. The van der Waals surface area contributed by atoms with Crippen molar-refractivity contribution < 1.29 is 4.57 Å². The summed E-state index contributed by atoms with van der Waals surface area (Å²) in [6.07, 6.45) is 2.38. The monoisotopic (exact) mass is 331 g/mol. The van der Waals surface area contributed by atoms with E-state index in [0.29, 0.717) is 0 Å². The number of fused-ring (bicyclic) bond motifs is 6. The number of hydrogen-bond donors (Lipinski definition) is 0. The van der Waals surface area contributed by atoms with Crippen LogP contribution < -0.4 is 14.4 Å². The molecule has 0 aliphatic carbocycles. The van der Waals surface area contributed by atoms with Gasteiger partial charge in [0.25, 0.3) is 5.82 Å². The Morgan fingerprint density at radius 1 is 0.920 bits per heavy atom. The predicted octanol–water partition coefficient (Wildman–Crippen LogP) is 3.61. The zero-order valence-corrected chi connectivity index (χ0v) is 14.8. The third kappa shape index (κ3) is 1.91. The summed E-state index contributed by atoms with van der Waals surface area (Å²) in [4.78, 5) is 4.91. The highest BCUT2D eigenvalue weighted by Gasteiger charge is 2.35. The second kappa shape index (κ2) is 5.38. The Hall–Kier alpha value is -2.75. The molecule has 0 fully saturated rings. The Kier molecular flexibility index (Phi) is 3.14. The summed E-state index contributed by atoms with van der Waals surface area (Å²) in [6.45, 7) is 8.41. The number of imidazole rings is 1. The molecule has 3 aromatic rings. The number of aromatic nitrogens is 2. The summed E-state index contributed by atoms with van der Waals surface area (Å²) >= 11 is 0. The van der Waals surface area contributed by atoms with Crippen LogP contribution in [0.3, 0.4) is 0 Å². The van der Waals surface area contributed by atoms with Crippen LogP contribution in [0.4, 0.5) is 11.4 Å². The number of nitrogens with zero attached hydrogens (tertiary/aromatic N) is 4. The molecule has 3 heterocycles. The lowest BCUT2D eigenvalue weighted by atomic mass is 10.2. The van der Waals surface area contributed by atoms with E-state index in [0.717, 1.165) is 26.2 Å². The topological polar surface area (TPSA) is 15.3 Å². The molecule has 25 heavy (non-hydrogen) atoms. The van der Waals surface area contributed by atoms with Crippen molar-refractivity contribution in [3.63, 3.8) is 0 Å². The van der Waals surface area contributed by atoms with Gasteiger partial charge in [-0.05, 0) is 38.1 Å². The fraction of sp³-hybridized carbons (Fsp3) is 0.286. The Morgan fingerprint density at radius 2 is 1.68 bits per heavy atom. The molecule has 0 N–H and O–H groups in total. The smallest absolute Gasteiger partial charge is 0.286 e. The Morgan fingerprint density at radius 3 is 2.48 bits per heavy atom. The van der Waals surface area contributed by atoms with Gasteiger partial charge in [-0.2, -0.15) is 0 Å². The first-order valence-corrected chi connectivity index (χ1v) is 9.20. The number of hydrogen-bond acceptors (Lipinski definition) is 2. The average Bonchev–Trinajstić information content (AvgIpc) is 3.04. The average molecular weight is 331 g/mol. The third-order valence-electron chi connectivity index (χ3n) is 5.47. The van der Waals surface area contributed by atoms with E-state index in [1.807, 2.05) is 0 Å². The minimum atomic E-state index is 0.978. The van der Waals surface area contributed by atoms with Crippen molar-refractivity contribution in [2.24, 2.45) is 0 Å².